The Morgan fingerprint density at radius 2 is 1.63 bits per heavy atom. The van der Waals surface area contributed by atoms with Crippen LogP contribution in [0.15, 0.2) is 0 Å². The highest BCUT2D eigenvalue weighted by Gasteiger charge is 2.56. The van der Waals surface area contributed by atoms with E-state index in [4.69, 9.17) is 5.11 Å². The molecule has 3 rings (SSSR count). The first-order valence-electron chi connectivity index (χ1n) is 7.71. The molecule has 1 heterocycles. The van der Waals surface area contributed by atoms with Crippen molar-refractivity contribution in [1.29, 1.82) is 0 Å². The van der Waals surface area contributed by atoms with Crippen molar-refractivity contribution in [3.63, 3.8) is 0 Å². The lowest BCUT2D eigenvalue weighted by molar-refractivity contribution is -0.142. The Kier molecular flexibility index (Phi) is 3.50. The second kappa shape index (κ2) is 5.14. The van der Waals surface area contributed by atoms with Gasteiger partial charge < -0.3 is 10.0 Å². The maximum atomic E-state index is 12.7. The molecule has 1 N–H and O–H groups in total. The van der Waals surface area contributed by atoms with Gasteiger partial charge >= 0.3 is 5.97 Å². The SMILES string of the molecule is O=C(O)CC1CCCCN1C(=O)C1C2CCCCC21. The van der Waals surface area contributed by atoms with E-state index in [0.29, 0.717) is 11.8 Å². The van der Waals surface area contributed by atoms with Crippen molar-refractivity contribution in [2.45, 2.75) is 57.4 Å². The Bertz CT molecular complexity index is 370. The lowest BCUT2D eigenvalue weighted by atomic mass is 9.98. The van der Waals surface area contributed by atoms with Gasteiger partial charge in [0.05, 0.1) is 6.42 Å². The summed E-state index contributed by atoms with van der Waals surface area (Å²) in [5.41, 5.74) is 0. The average molecular weight is 265 g/mol. The highest BCUT2D eigenvalue weighted by Crippen LogP contribution is 2.56. The van der Waals surface area contributed by atoms with Crippen LogP contribution in [0.5, 0.6) is 0 Å². The maximum Gasteiger partial charge on any atom is 0.305 e. The zero-order chi connectivity index (χ0) is 13.4. The van der Waals surface area contributed by atoms with Crippen molar-refractivity contribution in [2.75, 3.05) is 6.54 Å². The predicted octanol–water partition coefficient (Wildman–Crippen LogP) is 2.28. The van der Waals surface area contributed by atoms with Crippen LogP contribution in [-0.4, -0.2) is 34.5 Å². The molecular formula is C15H23NO3. The summed E-state index contributed by atoms with van der Waals surface area (Å²) in [7, 11) is 0. The van der Waals surface area contributed by atoms with Gasteiger partial charge in [0, 0.05) is 18.5 Å². The fourth-order valence-electron chi connectivity index (χ4n) is 4.25. The molecule has 0 aromatic rings. The van der Waals surface area contributed by atoms with Crippen LogP contribution in [0.1, 0.15) is 51.4 Å². The second-order valence-corrected chi connectivity index (χ2v) is 6.42. The van der Waals surface area contributed by atoms with Crippen molar-refractivity contribution in [1.82, 2.24) is 4.90 Å². The Hall–Kier alpha value is -1.06. The molecule has 19 heavy (non-hydrogen) atoms. The highest BCUT2D eigenvalue weighted by atomic mass is 16.4. The van der Waals surface area contributed by atoms with Gasteiger partial charge in [-0.1, -0.05) is 12.8 Å². The van der Waals surface area contributed by atoms with Gasteiger partial charge in [0.15, 0.2) is 0 Å². The van der Waals surface area contributed by atoms with Crippen molar-refractivity contribution in [3.8, 4) is 0 Å². The van der Waals surface area contributed by atoms with Crippen LogP contribution in [0.25, 0.3) is 0 Å². The summed E-state index contributed by atoms with van der Waals surface area (Å²) in [6, 6.07) is -0.0543. The van der Waals surface area contributed by atoms with E-state index < -0.39 is 5.97 Å². The van der Waals surface area contributed by atoms with E-state index in [1.165, 1.54) is 25.7 Å². The first-order chi connectivity index (χ1) is 9.18. The molecule has 0 radical (unpaired) electrons. The van der Waals surface area contributed by atoms with Crippen LogP contribution in [0.4, 0.5) is 0 Å². The van der Waals surface area contributed by atoms with E-state index in [1.807, 2.05) is 4.90 Å². The summed E-state index contributed by atoms with van der Waals surface area (Å²) >= 11 is 0. The monoisotopic (exact) mass is 265 g/mol. The molecule has 2 saturated carbocycles. The molecule has 4 nitrogen and oxygen atoms in total. The van der Waals surface area contributed by atoms with Crippen LogP contribution < -0.4 is 0 Å². The third kappa shape index (κ3) is 2.49. The van der Waals surface area contributed by atoms with Crippen LogP contribution in [0.3, 0.4) is 0 Å². The maximum absolute atomic E-state index is 12.7. The summed E-state index contributed by atoms with van der Waals surface area (Å²) < 4.78 is 0. The summed E-state index contributed by atoms with van der Waals surface area (Å²) in [6.45, 7) is 0.771. The molecule has 3 aliphatic rings. The fourth-order valence-corrected chi connectivity index (χ4v) is 4.25. The molecule has 2 aliphatic carbocycles. The third-order valence-electron chi connectivity index (χ3n) is 5.26. The summed E-state index contributed by atoms with van der Waals surface area (Å²) in [6.07, 6.45) is 8.01. The van der Waals surface area contributed by atoms with Gasteiger partial charge in [0.2, 0.25) is 5.91 Å². The van der Waals surface area contributed by atoms with E-state index in [1.54, 1.807) is 0 Å². The molecular weight excluding hydrogens is 242 g/mol. The number of carbonyl (C=O) groups is 2. The van der Waals surface area contributed by atoms with Crippen LogP contribution in [0, 0.1) is 17.8 Å². The molecule has 1 amide bonds. The average Bonchev–Trinajstić information content (AvgIpc) is 3.12. The van der Waals surface area contributed by atoms with E-state index in [2.05, 4.69) is 0 Å². The number of nitrogens with zero attached hydrogens (tertiary/aromatic N) is 1. The number of hydrogen-bond acceptors (Lipinski definition) is 2. The van der Waals surface area contributed by atoms with E-state index in [9.17, 15) is 9.59 Å². The molecule has 106 valence electrons. The first kappa shape index (κ1) is 12.9. The third-order valence-corrected chi connectivity index (χ3v) is 5.26. The highest BCUT2D eigenvalue weighted by molar-refractivity contribution is 5.83. The summed E-state index contributed by atoms with van der Waals surface area (Å²) in [5, 5.41) is 8.99. The molecule has 3 fully saturated rings. The van der Waals surface area contributed by atoms with Gasteiger partial charge in [-0.15, -0.1) is 0 Å². The molecule has 0 spiro atoms. The number of carbonyl (C=O) groups excluding carboxylic acids is 1. The Balaban J connectivity index is 1.65. The molecule has 1 saturated heterocycles. The van der Waals surface area contributed by atoms with Crippen molar-refractivity contribution < 1.29 is 14.7 Å². The van der Waals surface area contributed by atoms with Gasteiger partial charge in [-0.05, 0) is 43.9 Å². The van der Waals surface area contributed by atoms with E-state index >= 15 is 0 Å². The number of aliphatic carboxylic acids is 1. The Labute approximate surface area is 114 Å². The predicted molar refractivity (Wildman–Crippen MR) is 70.5 cm³/mol. The standard InChI is InChI=1S/C15H23NO3/c17-13(18)9-10-5-3-4-8-16(10)15(19)14-11-6-1-2-7-12(11)14/h10-12,14H,1-9H2,(H,17,18). The van der Waals surface area contributed by atoms with E-state index in [-0.39, 0.29) is 24.3 Å². The van der Waals surface area contributed by atoms with Gasteiger partial charge in [-0.3, -0.25) is 9.59 Å². The van der Waals surface area contributed by atoms with Crippen LogP contribution >= 0.6 is 0 Å². The number of carboxylic acids is 1. The molecule has 0 bridgehead atoms. The number of piperidine rings is 1. The minimum absolute atomic E-state index is 0.0543. The minimum atomic E-state index is -0.780. The van der Waals surface area contributed by atoms with Gasteiger partial charge in [0.25, 0.3) is 0 Å². The van der Waals surface area contributed by atoms with Gasteiger partial charge in [0.1, 0.15) is 0 Å². The number of fused-ring (bicyclic) bond motifs is 1. The smallest absolute Gasteiger partial charge is 0.305 e. The zero-order valence-corrected chi connectivity index (χ0v) is 11.4. The summed E-state index contributed by atoms with van der Waals surface area (Å²) in [5.74, 6) is 0.958. The summed E-state index contributed by atoms with van der Waals surface area (Å²) in [4.78, 5) is 25.5. The van der Waals surface area contributed by atoms with Gasteiger partial charge in [-0.25, -0.2) is 0 Å². The number of likely N-dealkylation sites (tertiary alicyclic amines) is 1. The van der Waals surface area contributed by atoms with Crippen molar-refractivity contribution >= 4 is 11.9 Å². The number of rotatable bonds is 3. The molecule has 3 unspecified atom stereocenters. The minimum Gasteiger partial charge on any atom is -0.481 e. The Morgan fingerprint density at radius 3 is 2.26 bits per heavy atom. The number of hydrogen-bond donors (Lipinski definition) is 1. The topological polar surface area (TPSA) is 57.6 Å². The number of amides is 1. The normalized spacial score (nSPS) is 37.6. The lowest BCUT2D eigenvalue weighted by Crippen LogP contribution is -2.45. The second-order valence-electron chi connectivity index (χ2n) is 6.42. The zero-order valence-electron chi connectivity index (χ0n) is 11.4. The first-order valence-corrected chi connectivity index (χ1v) is 7.71. The van der Waals surface area contributed by atoms with Crippen LogP contribution in [-0.2, 0) is 9.59 Å². The van der Waals surface area contributed by atoms with Crippen molar-refractivity contribution in [3.05, 3.63) is 0 Å². The Morgan fingerprint density at radius 1 is 1.00 bits per heavy atom. The van der Waals surface area contributed by atoms with E-state index in [0.717, 1.165) is 25.8 Å². The van der Waals surface area contributed by atoms with Crippen molar-refractivity contribution in [2.24, 2.45) is 17.8 Å². The van der Waals surface area contributed by atoms with Crippen LogP contribution in [0.2, 0.25) is 0 Å². The molecule has 4 heteroatoms. The largest absolute Gasteiger partial charge is 0.481 e. The molecule has 0 aromatic carbocycles. The molecule has 1 aliphatic heterocycles. The fraction of sp³-hybridized carbons (Fsp3) is 0.867. The van der Waals surface area contributed by atoms with Gasteiger partial charge in [-0.2, -0.15) is 0 Å². The quantitative estimate of drug-likeness (QED) is 0.851. The molecule has 0 aromatic heterocycles. The lowest BCUT2D eigenvalue weighted by Gasteiger charge is -2.35. The molecule has 3 atom stereocenters. The number of carboxylic acid groups (broad SMARTS) is 1.